The molecule has 0 N–H and O–H groups in total. The first-order chi connectivity index (χ1) is 1.73. The Labute approximate surface area is 34.0 Å². The van der Waals surface area contributed by atoms with Crippen LogP contribution in [0.2, 0.25) is 0 Å². The SMILES string of the molecule is [F][Np]([F])[F]. The Balaban J connectivity index is 2.32. The standard InChI is InChI=1S/3FH.Np/h3*1H;/q;;;+3/p-3. The molecule has 4 heteroatoms. The van der Waals surface area contributed by atoms with E-state index in [4.69, 9.17) is 0 Å². The van der Waals surface area contributed by atoms with Gasteiger partial charge < -0.3 is 0 Å². The summed E-state index contributed by atoms with van der Waals surface area (Å²) in [5.74, 6) is 0. The summed E-state index contributed by atoms with van der Waals surface area (Å²) in [4.78, 5) is 0. The second-order valence-electron chi connectivity index (χ2n) is 0.192. The van der Waals surface area contributed by atoms with Gasteiger partial charge in [0.2, 0.25) is 0 Å². The summed E-state index contributed by atoms with van der Waals surface area (Å²) in [5.41, 5.74) is 0. The summed E-state index contributed by atoms with van der Waals surface area (Å²) >= 11 is -5.18. The summed E-state index contributed by atoms with van der Waals surface area (Å²) in [6.45, 7) is 0. The van der Waals surface area contributed by atoms with Crippen LogP contribution in [0, 0.1) is 27.0 Å². The van der Waals surface area contributed by atoms with Crippen molar-refractivity contribution in [1.82, 2.24) is 0 Å². The second-order valence-corrected chi connectivity index (χ2v) is 1.79. The van der Waals surface area contributed by atoms with Crippen molar-refractivity contribution in [1.29, 1.82) is 0 Å². The zero-order valence-electron chi connectivity index (χ0n) is 1.58. The van der Waals surface area contributed by atoms with E-state index >= 15 is 0 Å². The first-order valence-electron chi connectivity index (χ1n) is 0.507. The molecule has 0 bridgehead atoms. The van der Waals surface area contributed by atoms with Crippen LogP contribution < -0.4 is 0 Å². The minimum atomic E-state index is -5.18. The van der Waals surface area contributed by atoms with Crippen LogP contribution in [-0.2, 0) is 0 Å². The molecule has 0 saturated carbocycles. The molecule has 4 heavy (non-hydrogen) atoms. The molecule has 0 aliphatic heterocycles. The van der Waals surface area contributed by atoms with Crippen molar-refractivity contribution in [2.75, 3.05) is 0 Å². The predicted octanol–water partition coefficient (Wildman–Crippen LogP) is 1.26. The van der Waals surface area contributed by atoms with Crippen molar-refractivity contribution in [2.45, 2.75) is 0 Å². The van der Waals surface area contributed by atoms with Gasteiger partial charge in [-0.3, -0.25) is 0 Å². The molecule has 26 valence electrons. The van der Waals surface area contributed by atoms with Gasteiger partial charge in [-0.05, 0) is 0 Å². The monoisotopic (exact) mass is 293 g/mol. The van der Waals surface area contributed by atoms with Crippen molar-refractivity contribution in [3.8, 4) is 0 Å². The maximum atomic E-state index is 9.88. The van der Waals surface area contributed by atoms with Crippen molar-refractivity contribution in [3.63, 3.8) is 0 Å². The fourth-order valence-electron chi connectivity index (χ4n) is 0. The van der Waals surface area contributed by atoms with E-state index < -0.39 is 27.0 Å². The van der Waals surface area contributed by atoms with E-state index in [0.29, 0.717) is 0 Å². The third kappa shape index (κ3) is 14.1. The molecule has 0 spiro atoms. The van der Waals surface area contributed by atoms with Crippen molar-refractivity contribution in [2.24, 2.45) is 0 Å². The molecule has 0 saturated heterocycles. The summed E-state index contributed by atoms with van der Waals surface area (Å²) in [6, 6.07) is 0. The van der Waals surface area contributed by atoms with Crippen molar-refractivity contribution < 1.29 is 33.7 Å². The number of hydrogen-bond acceptors (Lipinski definition) is 0. The second kappa shape index (κ2) is 2.07. The molecule has 0 radical (unpaired) electrons. The first kappa shape index (κ1) is 4.80. The van der Waals surface area contributed by atoms with Crippen LogP contribution >= 0.6 is 0 Å². The van der Waals surface area contributed by atoms with E-state index in [0.717, 1.165) is 0 Å². The minimum absolute atomic E-state index is 5.18. The summed E-state index contributed by atoms with van der Waals surface area (Å²) < 4.78 is 29.6. The molecule has 0 aromatic heterocycles. The normalized spacial score (nSPS) is 6.75. The topological polar surface area (TPSA) is 0 Å². The molecule has 0 fully saturated rings. The van der Waals surface area contributed by atoms with Gasteiger partial charge in [-0.15, -0.1) is 0 Å². The van der Waals surface area contributed by atoms with Gasteiger partial charge in [0.15, 0.2) is 0 Å². The summed E-state index contributed by atoms with van der Waals surface area (Å²) in [5, 5.41) is 0. The molecule has 0 aliphatic carbocycles. The molecule has 0 aromatic carbocycles. The van der Waals surface area contributed by atoms with E-state index in [1.807, 2.05) is 0 Å². The van der Waals surface area contributed by atoms with Gasteiger partial charge in [-0.2, -0.15) is 0 Å². The molecular formula is F3Np. The Bertz CT molecular complexity index is 8.00. The van der Waals surface area contributed by atoms with Gasteiger partial charge in [0, 0.05) is 0 Å². The molecule has 0 heterocycles. The fraction of sp³-hybridized carbons (Fsp3) is 0. The van der Waals surface area contributed by atoms with Crippen LogP contribution in [0.3, 0.4) is 0 Å². The molecule has 0 aliphatic rings. The summed E-state index contributed by atoms with van der Waals surface area (Å²) in [6.07, 6.45) is 0. The third-order valence-corrected chi connectivity index (χ3v) is 0. The molecular weight excluding hydrogens is 294 g/mol. The Morgan fingerprint density at radius 1 is 1.00 bits per heavy atom. The maximum absolute atomic E-state index is 9.88. The van der Waals surface area contributed by atoms with Gasteiger partial charge in [-0.1, -0.05) is 0 Å². The van der Waals surface area contributed by atoms with Crippen LogP contribution in [0.4, 0.5) is 6.68 Å². The van der Waals surface area contributed by atoms with Gasteiger partial charge in [0.25, 0.3) is 0 Å². The molecule has 0 atom stereocenters. The van der Waals surface area contributed by atoms with E-state index in [2.05, 4.69) is 0 Å². The van der Waals surface area contributed by atoms with Gasteiger partial charge >= 0.3 is 33.7 Å². The van der Waals surface area contributed by atoms with E-state index in [9.17, 15) is 6.68 Å². The van der Waals surface area contributed by atoms with Crippen LogP contribution in [-0.4, -0.2) is 0 Å². The number of halogens is 3. The van der Waals surface area contributed by atoms with Crippen LogP contribution in [0.25, 0.3) is 0 Å². The van der Waals surface area contributed by atoms with Gasteiger partial charge in [0.05, 0.1) is 0 Å². The van der Waals surface area contributed by atoms with Crippen molar-refractivity contribution in [3.05, 3.63) is 0 Å². The average molecular weight is 294 g/mol. The first-order valence-corrected chi connectivity index (χ1v) is 4.73. The van der Waals surface area contributed by atoms with Crippen LogP contribution in [0.1, 0.15) is 0 Å². The molecule has 0 nitrogen and oxygen atoms in total. The third-order valence-electron chi connectivity index (χ3n) is 0. The summed E-state index contributed by atoms with van der Waals surface area (Å²) in [7, 11) is 0. The van der Waals surface area contributed by atoms with E-state index in [1.165, 1.54) is 0 Å². The molecule has 0 unspecified atom stereocenters. The number of hydrogen-bond donors (Lipinski definition) is 0. The average Bonchev–Trinajstić information content (AvgIpc) is 0.811. The zero-order chi connectivity index (χ0) is 3.58. The van der Waals surface area contributed by atoms with Crippen LogP contribution in [0.5, 0.6) is 0 Å². The Morgan fingerprint density at radius 2 is 1.00 bits per heavy atom. The molecule has 0 aromatic rings. The van der Waals surface area contributed by atoms with Crippen molar-refractivity contribution >= 4 is 0 Å². The zero-order valence-corrected chi connectivity index (χ0v) is 5.31. The Hall–Kier alpha value is 0.803. The van der Waals surface area contributed by atoms with Crippen LogP contribution in [0.15, 0.2) is 0 Å². The fourth-order valence-corrected chi connectivity index (χ4v) is 0. The van der Waals surface area contributed by atoms with Gasteiger partial charge in [0.1, 0.15) is 0 Å². The van der Waals surface area contributed by atoms with Gasteiger partial charge in [-0.25, -0.2) is 0 Å². The predicted molar refractivity (Wildman–Crippen MR) is 3.32 cm³/mol. The Kier molecular flexibility index (Phi) is 2.48. The number of rotatable bonds is 0. The van der Waals surface area contributed by atoms with E-state index in [1.54, 1.807) is 0 Å². The molecule has 0 rings (SSSR count). The Morgan fingerprint density at radius 3 is 1.00 bits per heavy atom. The van der Waals surface area contributed by atoms with E-state index in [-0.39, 0.29) is 0 Å². The quantitative estimate of drug-likeness (QED) is 0.631. The molecule has 0 amide bonds.